The van der Waals surface area contributed by atoms with Crippen LogP contribution in [0, 0.1) is 0 Å². The number of ether oxygens (including phenoxy) is 1. The second-order valence-corrected chi connectivity index (χ2v) is 5.87. The Labute approximate surface area is 119 Å². The lowest BCUT2D eigenvalue weighted by molar-refractivity contribution is 0.351. The molecular weight excluding hydrogens is 252 g/mol. The highest BCUT2D eigenvalue weighted by Crippen LogP contribution is 2.39. The highest BCUT2D eigenvalue weighted by molar-refractivity contribution is 5.70. The zero-order valence-corrected chi connectivity index (χ0v) is 12.3. The van der Waals surface area contributed by atoms with Gasteiger partial charge in [-0.15, -0.1) is 0 Å². The molecule has 0 bridgehead atoms. The van der Waals surface area contributed by atoms with E-state index in [-0.39, 0.29) is 22.7 Å². The van der Waals surface area contributed by atoms with Crippen LogP contribution in [0.2, 0.25) is 0 Å². The molecule has 20 heavy (non-hydrogen) atoms. The largest absolute Gasteiger partial charge is 0.504 e. The fourth-order valence-electron chi connectivity index (χ4n) is 2.08. The van der Waals surface area contributed by atoms with Crippen molar-refractivity contribution in [2.75, 3.05) is 7.11 Å². The SMILES string of the molecule is COc1cc(-c2ccc(C(C)(C)C)cc2)cc(O)c1O. The van der Waals surface area contributed by atoms with E-state index in [0.717, 1.165) is 11.1 Å². The maximum Gasteiger partial charge on any atom is 0.200 e. The Morgan fingerprint density at radius 1 is 0.900 bits per heavy atom. The van der Waals surface area contributed by atoms with Gasteiger partial charge >= 0.3 is 0 Å². The van der Waals surface area contributed by atoms with E-state index in [9.17, 15) is 10.2 Å². The quantitative estimate of drug-likeness (QED) is 0.810. The summed E-state index contributed by atoms with van der Waals surface area (Å²) in [5.74, 6) is -0.151. The van der Waals surface area contributed by atoms with Crippen LogP contribution in [0.25, 0.3) is 11.1 Å². The normalized spacial score (nSPS) is 11.4. The average Bonchev–Trinajstić information content (AvgIpc) is 2.41. The van der Waals surface area contributed by atoms with E-state index in [2.05, 4.69) is 32.9 Å². The van der Waals surface area contributed by atoms with Crippen molar-refractivity contribution in [3.05, 3.63) is 42.0 Å². The van der Waals surface area contributed by atoms with Gasteiger partial charge in [-0.2, -0.15) is 0 Å². The standard InChI is InChI=1S/C17H20O3/c1-17(2,3)13-7-5-11(6-8-13)12-9-14(18)16(19)15(10-12)20-4/h5-10,18-19H,1-4H3. The number of phenolic OH excluding ortho intramolecular Hbond substituents is 2. The van der Waals surface area contributed by atoms with Crippen molar-refractivity contribution < 1.29 is 14.9 Å². The molecule has 2 aromatic carbocycles. The number of aromatic hydroxyl groups is 2. The molecular formula is C17H20O3. The van der Waals surface area contributed by atoms with Crippen molar-refractivity contribution in [3.8, 4) is 28.4 Å². The summed E-state index contributed by atoms with van der Waals surface area (Å²) in [6.45, 7) is 6.49. The van der Waals surface area contributed by atoms with Crippen LogP contribution >= 0.6 is 0 Å². The minimum Gasteiger partial charge on any atom is -0.504 e. The predicted molar refractivity (Wildman–Crippen MR) is 80.5 cm³/mol. The first-order valence-corrected chi connectivity index (χ1v) is 6.54. The number of rotatable bonds is 2. The molecule has 0 aliphatic heterocycles. The molecule has 0 spiro atoms. The van der Waals surface area contributed by atoms with E-state index in [1.165, 1.54) is 18.7 Å². The number of methoxy groups -OCH3 is 1. The van der Waals surface area contributed by atoms with Crippen molar-refractivity contribution >= 4 is 0 Å². The molecule has 0 aromatic heterocycles. The van der Waals surface area contributed by atoms with Crippen LogP contribution in [-0.4, -0.2) is 17.3 Å². The molecule has 0 heterocycles. The summed E-state index contributed by atoms with van der Waals surface area (Å²) in [6.07, 6.45) is 0. The van der Waals surface area contributed by atoms with E-state index in [1.54, 1.807) is 6.07 Å². The van der Waals surface area contributed by atoms with Crippen molar-refractivity contribution in [3.63, 3.8) is 0 Å². The van der Waals surface area contributed by atoms with E-state index in [0.29, 0.717) is 0 Å². The van der Waals surface area contributed by atoms with Gasteiger partial charge in [0.25, 0.3) is 0 Å². The first-order valence-electron chi connectivity index (χ1n) is 6.54. The van der Waals surface area contributed by atoms with Gasteiger partial charge in [0.15, 0.2) is 11.5 Å². The van der Waals surface area contributed by atoms with Crippen LogP contribution in [0.3, 0.4) is 0 Å². The second kappa shape index (κ2) is 5.08. The Balaban J connectivity index is 2.44. The summed E-state index contributed by atoms with van der Waals surface area (Å²) >= 11 is 0. The zero-order chi connectivity index (χ0) is 14.9. The molecule has 106 valence electrons. The Morgan fingerprint density at radius 2 is 1.50 bits per heavy atom. The van der Waals surface area contributed by atoms with Gasteiger partial charge in [0.1, 0.15) is 0 Å². The summed E-state index contributed by atoms with van der Waals surface area (Å²) in [5, 5.41) is 19.4. The lowest BCUT2D eigenvalue weighted by Gasteiger charge is -2.19. The van der Waals surface area contributed by atoms with Crippen LogP contribution in [0.15, 0.2) is 36.4 Å². The highest BCUT2D eigenvalue weighted by atomic mass is 16.5. The smallest absolute Gasteiger partial charge is 0.200 e. The van der Waals surface area contributed by atoms with Crippen LogP contribution in [-0.2, 0) is 5.41 Å². The molecule has 0 amide bonds. The van der Waals surface area contributed by atoms with Gasteiger partial charge in [0.2, 0.25) is 5.75 Å². The molecule has 2 aromatic rings. The van der Waals surface area contributed by atoms with Crippen LogP contribution < -0.4 is 4.74 Å². The van der Waals surface area contributed by atoms with Gasteiger partial charge in [-0.05, 0) is 34.2 Å². The van der Waals surface area contributed by atoms with Crippen LogP contribution in [0.5, 0.6) is 17.2 Å². The first-order chi connectivity index (χ1) is 9.32. The summed E-state index contributed by atoms with van der Waals surface area (Å²) < 4.78 is 5.06. The van der Waals surface area contributed by atoms with E-state index < -0.39 is 0 Å². The Hall–Kier alpha value is -2.16. The molecule has 0 saturated heterocycles. The molecule has 0 fully saturated rings. The summed E-state index contributed by atoms with van der Waals surface area (Å²) in [7, 11) is 1.46. The Kier molecular flexibility index (Phi) is 3.62. The third-order valence-electron chi connectivity index (χ3n) is 3.36. The number of phenols is 2. The van der Waals surface area contributed by atoms with E-state index in [4.69, 9.17) is 4.74 Å². The van der Waals surface area contributed by atoms with Gasteiger partial charge in [-0.25, -0.2) is 0 Å². The first kappa shape index (κ1) is 14.3. The molecule has 3 nitrogen and oxygen atoms in total. The van der Waals surface area contributed by atoms with Gasteiger partial charge in [0.05, 0.1) is 7.11 Å². The lowest BCUT2D eigenvalue weighted by atomic mass is 9.86. The van der Waals surface area contributed by atoms with Gasteiger partial charge in [0, 0.05) is 0 Å². The van der Waals surface area contributed by atoms with Crippen molar-refractivity contribution in [1.82, 2.24) is 0 Å². The third-order valence-corrected chi connectivity index (χ3v) is 3.36. The molecule has 3 heteroatoms. The van der Waals surface area contributed by atoms with Crippen molar-refractivity contribution in [2.45, 2.75) is 26.2 Å². The van der Waals surface area contributed by atoms with Gasteiger partial charge < -0.3 is 14.9 Å². The molecule has 0 aliphatic carbocycles. The van der Waals surface area contributed by atoms with E-state index in [1.807, 2.05) is 12.1 Å². The number of hydrogen-bond donors (Lipinski definition) is 2. The maximum atomic E-state index is 9.73. The second-order valence-electron chi connectivity index (χ2n) is 5.87. The molecule has 0 unspecified atom stereocenters. The summed E-state index contributed by atoms with van der Waals surface area (Å²) in [4.78, 5) is 0. The molecule has 2 rings (SSSR count). The maximum absolute atomic E-state index is 9.73. The van der Waals surface area contributed by atoms with Gasteiger partial charge in [-0.3, -0.25) is 0 Å². The fraction of sp³-hybridized carbons (Fsp3) is 0.294. The molecule has 0 saturated carbocycles. The molecule has 0 atom stereocenters. The molecule has 0 aliphatic rings. The number of hydrogen-bond acceptors (Lipinski definition) is 3. The van der Waals surface area contributed by atoms with Crippen molar-refractivity contribution in [2.24, 2.45) is 0 Å². The zero-order valence-electron chi connectivity index (χ0n) is 12.3. The minimum atomic E-state index is -0.234. The third kappa shape index (κ3) is 2.72. The summed E-state index contributed by atoms with van der Waals surface area (Å²) in [5.41, 5.74) is 3.12. The topological polar surface area (TPSA) is 49.7 Å². The van der Waals surface area contributed by atoms with Crippen molar-refractivity contribution in [1.29, 1.82) is 0 Å². The Bertz CT molecular complexity index is 607. The fourth-order valence-corrected chi connectivity index (χ4v) is 2.08. The summed E-state index contributed by atoms with van der Waals surface area (Å²) in [6, 6.07) is 11.4. The monoisotopic (exact) mass is 272 g/mol. The highest BCUT2D eigenvalue weighted by Gasteiger charge is 2.14. The number of benzene rings is 2. The lowest BCUT2D eigenvalue weighted by Crippen LogP contribution is -2.10. The van der Waals surface area contributed by atoms with Crippen LogP contribution in [0.4, 0.5) is 0 Å². The van der Waals surface area contributed by atoms with Crippen LogP contribution in [0.1, 0.15) is 26.3 Å². The van der Waals surface area contributed by atoms with E-state index >= 15 is 0 Å². The molecule has 0 radical (unpaired) electrons. The Morgan fingerprint density at radius 3 is 2.00 bits per heavy atom. The minimum absolute atomic E-state index is 0.104. The average molecular weight is 272 g/mol. The van der Waals surface area contributed by atoms with Gasteiger partial charge in [-0.1, -0.05) is 45.0 Å². The predicted octanol–water partition coefficient (Wildman–Crippen LogP) is 4.07. The molecule has 2 N–H and O–H groups in total.